The summed E-state index contributed by atoms with van der Waals surface area (Å²) in [5.74, 6) is -2.17. The fourth-order valence-electron chi connectivity index (χ4n) is 2.80. The summed E-state index contributed by atoms with van der Waals surface area (Å²) >= 11 is 0. The molecule has 0 radical (unpaired) electrons. The summed E-state index contributed by atoms with van der Waals surface area (Å²) in [5, 5.41) is 12.0. The zero-order valence-electron chi connectivity index (χ0n) is 13.2. The normalized spacial score (nSPS) is 22.3. The average Bonchev–Trinajstić information content (AvgIpc) is 3.17. The lowest BCUT2D eigenvalue weighted by atomic mass is 9.85. The Balaban J connectivity index is 2.04. The predicted octanol–water partition coefficient (Wildman–Crippen LogP) is 2.98. The van der Waals surface area contributed by atoms with Crippen LogP contribution in [0, 0.1) is 23.0 Å². The van der Waals surface area contributed by atoms with Gasteiger partial charge in [-0.1, -0.05) is 26.8 Å². The van der Waals surface area contributed by atoms with Crippen molar-refractivity contribution >= 4 is 5.91 Å². The van der Waals surface area contributed by atoms with Crippen molar-refractivity contribution in [2.45, 2.75) is 45.6 Å². The maximum absolute atomic E-state index is 13.7. The topological polar surface area (TPSA) is 49.3 Å². The molecule has 2 rings (SSSR count). The van der Waals surface area contributed by atoms with Crippen molar-refractivity contribution in [2.75, 3.05) is 6.61 Å². The number of aliphatic hydroxyl groups is 1. The van der Waals surface area contributed by atoms with E-state index in [-0.39, 0.29) is 29.5 Å². The van der Waals surface area contributed by atoms with E-state index in [2.05, 4.69) is 5.32 Å². The molecule has 0 saturated heterocycles. The molecule has 0 aromatic heterocycles. The van der Waals surface area contributed by atoms with Gasteiger partial charge in [0.15, 0.2) is 0 Å². The monoisotopic (exact) mass is 311 g/mol. The molecule has 5 heteroatoms. The number of benzene rings is 1. The summed E-state index contributed by atoms with van der Waals surface area (Å²) < 4.78 is 27.5. The van der Waals surface area contributed by atoms with Gasteiger partial charge >= 0.3 is 0 Å². The molecule has 1 aromatic rings. The first-order valence-corrected chi connectivity index (χ1v) is 7.61. The second-order valence-corrected chi connectivity index (χ2v) is 7.02. The van der Waals surface area contributed by atoms with Gasteiger partial charge in [-0.15, -0.1) is 0 Å². The fourth-order valence-corrected chi connectivity index (χ4v) is 2.80. The van der Waals surface area contributed by atoms with E-state index in [0.29, 0.717) is 12.8 Å². The quantitative estimate of drug-likeness (QED) is 0.878. The van der Waals surface area contributed by atoms with E-state index in [1.54, 1.807) is 0 Å². The Hall–Kier alpha value is -1.49. The molecule has 0 bridgehead atoms. The Morgan fingerprint density at radius 1 is 1.36 bits per heavy atom. The SMILES string of the molecule is CC(C)(C)C(CCO)NC(=O)C1CC1c1c(F)cccc1F. The van der Waals surface area contributed by atoms with Gasteiger partial charge in [0.1, 0.15) is 11.6 Å². The van der Waals surface area contributed by atoms with Crippen molar-refractivity contribution < 1.29 is 18.7 Å². The number of hydrogen-bond donors (Lipinski definition) is 2. The third kappa shape index (κ3) is 3.64. The summed E-state index contributed by atoms with van der Waals surface area (Å²) in [7, 11) is 0. The number of aliphatic hydroxyl groups excluding tert-OH is 1. The fraction of sp³-hybridized carbons (Fsp3) is 0.588. The second kappa shape index (κ2) is 6.32. The number of carbonyl (C=O) groups excluding carboxylic acids is 1. The Labute approximate surface area is 129 Å². The Morgan fingerprint density at radius 2 is 1.95 bits per heavy atom. The molecule has 122 valence electrons. The van der Waals surface area contributed by atoms with E-state index in [9.17, 15) is 13.6 Å². The van der Waals surface area contributed by atoms with Gasteiger partial charge in [-0.25, -0.2) is 8.78 Å². The minimum Gasteiger partial charge on any atom is -0.396 e. The van der Waals surface area contributed by atoms with Crippen LogP contribution in [0.2, 0.25) is 0 Å². The number of amides is 1. The standard InChI is InChI=1S/C17H23F2NO2/c1-17(2,3)14(7-8-21)20-16(22)11-9-10(11)15-12(18)5-4-6-13(15)19/h4-6,10-11,14,21H,7-9H2,1-3H3,(H,20,22). The zero-order valence-corrected chi connectivity index (χ0v) is 13.2. The molecule has 0 spiro atoms. The van der Waals surface area contributed by atoms with E-state index >= 15 is 0 Å². The van der Waals surface area contributed by atoms with Crippen LogP contribution in [0.5, 0.6) is 0 Å². The summed E-state index contributed by atoms with van der Waals surface area (Å²) in [6.45, 7) is 5.93. The number of halogens is 2. The van der Waals surface area contributed by atoms with Crippen LogP contribution in [0.3, 0.4) is 0 Å². The maximum Gasteiger partial charge on any atom is 0.223 e. The molecule has 3 atom stereocenters. The lowest BCUT2D eigenvalue weighted by molar-refractivity contribution is -0.124. The highest BCUT2D eigenvalue weighted by Gasteiger charge is 2.47. The van der Waals surface area contributed by atoms with Crippen molar-refractivity contribution in [3.05, 3.63) is 35.4 Å². The lowest BCUT2D eigenvalue weighted by Gasteiger charge is -2.31. The molecular weight excluding hydrogens is 288 g/mol. The molecule has 1 aromatic carbocycles. The summed E-state index contributed by atoms with van der Waals surface area (Å²) in [6, 6.07) is 3.59. The van der Waals surface area contributed by atoms with Gasteiger partial charge in [0.25, 0.3) is 0 Å². The van der Waals surface area contributed by atoms with Crippen molar-refractivity contribution in [1.29, 1.82) is 0 Å². The van der Waals surface area contributed by atoms with E-state index in [4.69, 9.17) is 5.11 Å². The Kier molecular flexibility index (Phi) is 4.85. The maximum atomic E-state index is 13.7. The van der Waals surface area contributed by atoms with Crippen molar-refractivity contribution in [2.24, 2.45) is 11.3 Å². The highest BCUT2D eigenvalue weighted by Crippen LogP contribution is 2.49. The number of carbonyl (C=O) groups is 1. The first-order valence-electron chi connectivity index (χ1n) is 7.61. The summed E-state index contributed by atoms with van der Waals surface area (Å²) in [6.07, 6.45) is 0.917. The molecule has 1 fully saturated rings. The van der Waals surface area contributed by atoms with Gasteiger partial charge in [-0.05, 0) is 30.4 Å². The predicted molar refractivity (Wildman–Crippen MR) is 80.3 cm³/mol. The van der Waals surface area contributed by atoms with E-state index in [1.165, 1.54) is 18.2 Å². The second-order valence-electron chi connectivity index (χ2n) is 7.02. The van der Waals surface area contributed by atoms with Gasteiger partial charge in [0.05, 0.1) is 0 Å². The van der Waals surface area contributed by atoms with Gasteiger partial charge < -0.3 is 10.4 Å². The van der Waals surface area contributed by atoms with E-state index in [0.717, 1.165) is 0 Å². The van der Waals surface area contributed by atoms with Gasteiger partial charge in [-0.2, -0.15) is 0 Å². The van der Waals surface area contributed by atoms with Crippen LogP contribution in [0.4, 0.5) is 8.78 Å². The number of rotatable bonds is 5. The minimum atomic E-state index is -0.594. The molecule has 2 N–H and O–H groups in total. The van der Waals surface area contributed by atoms with Crippen LogP contribution in [0.1, 0.15) is 45.1 Å². The van der Waals surface area contributed by atoms with Crippen LogP contribution in [-0.2, 0) is 4.79 Å². The van der Waals surface area contributed by atoms with Crippen LogP contribution in [0.15, 0.2) is 18.2 Å². The van der Waals surface area contributed by atoms with Gasteiger partial charge in [0.2, 0.25) is 5.91 Å². The highest BCUT2D eigenvalue weighted by atomic mass is 19.1. The molecule has 0 heterocycles. The highest BCUT2D eigenvalue weighted by molar-refractivity contribution is 5.83. The van der Waals surface area contributed by atoms with Crippen LogP contribution in [-0.4, -0.2) is 23.7 Å². The first kappa shape index (κ1) is 16.9. The largest absolute Gasteiger partial charge is 0.396 e. The van der Waals surface area contributed by atoms with Crippen molar-refractivity contribution in [3.63, 3.8) is 0 Å². The van der Waals surface area contributed by atoms with Gasteiger partial charge in [0, 0.05) is 30.0 Å². The third-order valence-corrected chi connectivity index (χ3v) is 4.28. The smallest absolute Gasteiger partial charge is 0.223 e. The first-order chi connectivity index (χ1) is 10.3. The number of nitrogens with one attached hydrogen (secondary N) is 1. The summed E-state index contributed by atoms with van der Waals surface area (Å²) in [4.78, 5) is 12.3. The number of hydrogen-bond acceptors (Lipinski definition) is 2. The molecular formula is C17H23F2NO2. The zero-order chi connectivity index (χ0) is 16.5. The molecule has 1 saturated carbocycles. The van der Waals surface area contributed by atoms with Crippen LogP contribution in [0.25, 0.3) is 0 Å². The molecule has 0 aliphatic heterocycles. The average molecular weight is 311 g/mol. The lowest BCUT2D eigenvalue weighted by Crippen LogP contribution is -2.45. The Morgan fingerprint density at radius 3 is 2.45 bits per heavy atom. The minimum absolute atomic E-state index is 0.0112. The molecule has 3 unspecified atom stereocenters. The summed E-state index contributed by atoms with van der Waals surface area (Å²) in [5.41, 5.74) is -0.177. The van der Waals surface area contributed by atoms with E-state index in [1.807, 2.05) is 20.8 Å². The van der Waals surface area contributed by atoms with Crippen molar-refractivity contribution in [1.82, 2.24) is 5.32 Å². The molecule has 1 aliphatic carbocycles. The van der Waals surface area contributed by atoms with Crippen molar-refractivity contribution in [3.8, 4) is 0 Å². The molecule has 1 amide bonds. The van der Waals surface area contributed by atoms with Gasteiger partial charge in [-0.3, -0.25) is 4.79 Å². The van der Waals surface area contributed by atoms with Crippen LogP contribution >= 0.6 is 0 Å². The molecule has 3 nitrogen and oxygen atoms in total. The van der Waals surface area contributed by atoms with Crippen LogP contribution < -0.4 is 5.32 Å². The van der Waals surface area contributed by atoms with E-state index < -0.39 is 23.5 Å². The third-order valence-electron chi connectivity index (χ3n) is 4.28. The Bertz CT molecular complexity index is 534. The molecule has 22 heavy (non-hydrogen) atoms. The molecule has 1 aliphatic rings.